The molecule has 114 valence electrons. The topological polar surface area (TPSA) is 89.1 Å². The van der Waals surface area contributed by atoms with Gasteiger partial charge in [-0.15, -0.1) is 0 Å². The average molecular weight is 310 g/mol. The highest BCUT2D eigenvalue weighted by Crippen LogP contribution is 2.48. The van der Waals surface area contributed by atoms with Crippen molar-refractivity contribution in [1.82, 2.24) is 0 Å². The molecule has 0 saturated heterocycles. The third-order valence-corrected chi connectivity index (χ3v) is 4.30. The fraction of sp³-hybridized carbons (Fsp3) is 0.118. The predicted octanol–water partition coefficient (Wildman–Crippen LogP) is 2.70. The van der Waals surface area contributed by atoms with E-state index in [9.17, 15) is 15.0 Å². The highest BCUT2D eigenvalue weighted by Gasteiger charge is 2.40. The van der Waals surface area contributed by atoms with Crippen LogP contribution in [0.3, 0.4) is 0 Å². The average Bonchev–Trinajstić information content (AvgIpc) is 3.07. The zero-order valence-electron chi connectivity index (χ0n) is 11.6. The van der Waals surface area contributed by atoms with Crippen molar-refractivity contribution in [3.05, 3.63) is 52.4 Å². The van der Waals surface area contributed by atoms with Gasteiger partial charge in [-0.1, -0.05) is 6.07 Å². The third kappa shape index (κ3) is 1.45. The highest BCUT2D eigenvalue weighted by atomic mass is 16.7. The van der Waals surface area contributed by atoms with Crippen LogP contribution in [0.15, 0.2) is 45.8 Å². The van der Waals surface area contributed by atoms with Crippen molar-refractivity contribution in [3.8, 4) is 17.2 Å². The molecule has 6 nitrogen and oxygen atoms in total. The van der Waals surface area contributed by atoms with Crippen LogP contribution < -0.4 is 10.2 Å². The van der Waals surface area contributed by atoms with Gasteiger partial charge in [0.05, 0.1) is 17.7 Å². The molecule has 0 radical (unpaired) electrons. The van der Waals surface area contributed by atoms with E-state index in [1.54, 1.807) is 18.4 Å². The van der Waals surface area contributed by atoms with Crippen molar-refractivity contribution in [2.75, 3.05) is 0 Å². The van der Waals surface area contributed by atoms with E-state index in [0.717, 1.165) is 0 Å². The fourth-order valence-corrected chi connectivity index (χ4v) is 3.28. The molecule has 0 amide bonds. The minimum Gasteiger partial charge on any atom is -0.507 e. The lowest BCUT2D eigenvalue weighted by molar-refractivity contribution is -0.00484. The summed E-state index contributed by atoms with van der Waals surface area (Å²) in [5.41, 5.74) is 0.692. The van der Waals surface area contributed by atoms with Crippen LogP contribution in [0.25, 0.3) is 21.9 Å². The fourth-order valence-electron chi connectivity index (χ4n) is 3.28. The van der Waals surface area contributed by atoms with Crippen molar-refractivity contribution >= 4 is 21.9 Å². The summed E-state index contributed by atoms with van der Waals surface area (Å²) in [5, 5.41) is 20.3. The first-order chi connectivity index (χ1) is 11.1. The van der Waals surface area contributed by atoms with Gasteiger partial charge in [0.2, 0.25) is 5.43 Å². The van der Waals surface area contributed by atoms with E-state index in [1.165, 1.54) is 12.1 Å². The molecule has 0 bridgehead atoms. The zero-order chi connectivity index (χ0) is 15.7. The van der Waals surface area contributed by atoms with Gasteiger partial charge in [-0.3, -0.25) is 4.79 Å². The Labute approximate surface area is 128 Å². The molecule has 2 aromatic carbocycles. The largest absolute Gasteiger partial charge is 0.507 e. The lowest BCUT2D eigenvalue weighted by Crippen LogP contribution is -2.14. The second-order valence-electron chi connectivity index (χ2n) is 5.57. The Morgan fingerprint density at radius 2 is 1.96 bits per heavy atom. The summed E-state index contributed by atoms with van der Waals surface area (Å²) in [6.07, 6.45) is 2.85. The van der Waals surface area contributed by atoms with Gasteiger partial charge in [0.15, 0.2) is 0 Å². The Kier molecular flexibility index (Phi) is 2.15. The molecular weight excluding hydrogens is 300 g/mol. The second-order valence-corrected chi connectivity index (χ2v) is 5.57. The Balaban J connectivity index is 2.00. The zero-order valence-corrected chi connectivity index (χ0v) is 11.6. The molecular formula is C17H10O6. The number of aromatic hydroxyl groups is 2. The maximum atomic E-state index is 12.8. The maximum absolute atomic E-state index is 12.8. The Bertz CT molecular complexity index is 1080. The third-order valence-electron chi connectivity index (χ3n) is 4.30. The number of phenols is 2. The monoisotopic (exact) mass is 310 g/mol. The molecule has 5 rings (SSSR count). The van der Waals surface area contributed by atoms with Gasteiger partial charge in [0.1, 0.15) is 39.2 Å². The maximum Gasteiger partial charge on any atom is 0.250 e. The number of hydrogen-bond acceptors (Lipinski definition) is 6. The number of hydrogen-bond donors (Lipinski definition) is 2. The SMILES string of the molecule is O=c1c2c(O)cccc2oc2c3c(cc(O)c12)OC1OC=CC31. The lowest BCUT2D eigenvalue weighted by atomic mass is 9.97. The van der Waals surface area contributed by atoms with Gasteiger partial charge >= 0.3 is 0 Å². The van der Waals surface area contributed by atoms with E-state index < -0.39 is 11.7 Å². The van der Waals surface area contributed by atoms with Crippen LogP contribution in [-0.4, -0.2) is 16.5 Å². The predicted molar refractivity (Wildman–Crippen MR) is 80.7 cm³/mol. The van der Waals surface area contributed by atoms with Crippen molar-refractivity contribution in [3.63, 3.8) is 0 Å². The minimum atomic E-state index is -0.514. The molecule has 0 spiro atoms. The van der Waals surface area contributed by atoms with Crippen LogP contribution in [0.5, 0.6) is 17.2 Å². The van der Waals surface area contributed by atoms with Gasteiger partial charge in [-0.25, -0.2) is 0 Å². The van der Waals surface area contributed by atoms with Crippen molar-refractivity contribution < 1.29 is 24.1 Å². The highest BCUT2D eigenvalue weighted by molar-refractivity contribution is 5.98. The number of phenolic OH excluding ortho intramolecular Hbond substituents is 2. The van der Waals surface area contributed by atoms with Crippen LogP contribution in [-0.2, 0) is 4.74 Å². The van der Waals surface area contributed by atoms with Crippen LogP contribution in [0.1, 0.15) is 11.5 Å². The molecule has 1 aromatic heterocycles. The molecule has 3 aromatic rings. The standard InChI is InChI=1S/C17H10O6/c18-8-2-1-3-10-13(8)15(20)14-9(19)6-11-12(16(14)22-10)7-4-5-21-17(7)23-11/h1-7,17-19H. The van der Waals surface area contributed by atoms with Crippen LogP contribution >= 0.6 is 0 Å². The summed E-state index contributed by atoms with van der Waals surface area (Å²) < 4.78 is 16.8. The quantitative estimate of drug-likeness (QED) is 0.621. The van der Waals surface area contributed by atoms with Crippen molar-refractivity contribution in [1.29, 1.82) is 0 Å². The van der Waals surface area contributed by atoms with Gasteiger partial charge in [0, 0.05) is 6.07 Å². The first-order valence-electron chi connectivity index (χ1n) is 7.08. The first-order valence-corrected chi connectivity index (χ1v) is 7.08. The molecule has 2 aliphatic heterocycles. The van der Waals surface area contributed by atoms with Gasteiger partial charge < -0.3 is 24.1 Å². The molecule has 0 saturated carbocycles. The normalized spacial score (nSPS) is 21.2. The van der Waals surface area contributed by atoms with Crippen molar-refractivity contribution in [2.24, 2.45) is 0 Å². The molecule has 2 aliphatic rings. The van der Waals surface area contributed by atoms with Gasteiger partial charge in [0.25, 0.3) is 6.29 Å². The number of fused-ring (bicyclic) bond motifs is 6. The molecule has 2 N–H and O–H groups in total. The molecule has 23 heavy (non-hydrogen) atoms. The summed E-state index contributed by atoms with van der Waals surface area (Å²) in [6.45, 7) is 0. The second kappa shape index (κ2) is 3.98. The van der Waals surface area contributed by atoms with Crippen LogP contribution in [0.4, 0.5) is 0 Å². The molecule has 0 aliphatic carbocycles. The summed E-state index contributed by atoms with van der Waals surface area (Å²) in [6, 6.07) is 5.98. The summed E-state index contributed by atoms with van der Waals surface area (Å²) >= 11 is 0. The van der Waals surface area contributed by atoms with E-state index in [4.69, 9.17) is 13.9 Å². The van der Waals surface area contributed by atoms with Crippen molar-refractivity contribution in [2.45, 2.75) is 12.2 Å². The molecule has 0 fully saturated rings. The number of rotatable bonds is 0. The number of ether oxygens (including phenoxy) is 2. The lowest BCUT2D eigenvalue weighted by Gasteiger charge is -2.09. The first kappa shape index (κ1) is 12.4. The number of benzene rings is 2. The molecule has 3 heterocycles. The van der Waals surface area contributed by atoms with E-state index >= 15 is 0 Å². The Morgan fingerprint density at radius 1 is 1.09 bits per heavy atom. The summed E-state index contributed by atoms with van der Waals surface area (Å²) in [7, 11) is 0. The molecule has 2 atom stereocenters. The summed E-state index contributed by atoms with van der Waals surface area (Å²) in [5.74, 6) is -0.208. The Morgan fingerprint density at radius 3 is 2.83 bits per heavy atom. The van der Waals surface area contributed by atoms with E-state index in [2.05, 4.69) is 0 Å². The van der Waals surface area contributed by atoms with Crippen LogP contribution in [0.2, 0.25) is 0 Å². The molecule has 6 heteroatoms. The Hall–Kier alpha value is -3.15. The van der Waals surface area contributed by atoms with Gasteiger partial charge in [-0.2, -0.15) is 0 Å². The molecule has 2 unspecified atom stereocenters. The smallest absolute Gasteiger partial charge is 0.250 e. The van der Waals surface area contributed by atoms with E-state index in [-0.39, 0.29) is 39.4 Å². The van der Waals surface area contributed by atoms with E-state index in [1.807, 2.05) is 6.08 Å². The van der Waals surface area contributed by atoms with E-state index in [0.29, 0.717) is 11.3 Å². The van der Waals surface area contributed by atoms with Gasteiger partial charge in [-0.05, 0) is 18.2 Å². The minimum absolute atomic E-state index is 0.0299. The van der Waals surface area contributed by atoms with Crippen LogP contribution in [0, 0.1) is 0 Å². The summed E-state index contributed by atoms with van der Waals surface area (Å²) in [4.78, 5) is 12.8.